The maximum atomic E-state index is 13.2. The Morgan fingerprint density at radius 1 is 1.12 bits per heavy atom. The molecule has 0 radical (unpaired) electrons. The quantitative estimate of drug-likeness (QED) is 0.756. The van der Waals surface area contributed by atoms with Gasteiger partial charge >= 0.3 is 0 Å². The SMILES string of the molecule is Nc1ccc(F)cc1N1CC2(CCCCC2)C1. The third-order valence-corrected chi connectivity index (χ3v) is 4.30. The van der Waals surface area contributed by atoms with Crippen LogP contribution < -0.4 is 10.6 Å². The monoisotopic (exact) mass is 234 g/mol. The summed E-state index contributed by atoms with van der Waals surface area (Å²) in [5, 5.41) is 0. The normalized spacial score (nSPS) is 22.5. The highest BCUT2D eigenvalue weighted by atomic mass is 19.1. The number of nitrogens with two attached hydrogens (primary N) is 1. The second kappa shape index (κ2) is 3.90. The largest absolute Gasteiger partial charge is 0.397 e. The van der Waals surface area contributed by atoms with Crippen molar-refractivity contribution in [1.29, 1.82) is 0 Å². The summed E-state index contributed by atoms with van der Waals surface area (Å²) in [6.07, 6.45) is 6.75. The van der Waals surface area contributed by atoms with Crippen LogP contribution in [0.3, 0.4) is 0 Å². The molecule has 0 amide bonds. The second-order valence-corrected chi connectivity index (χ2v) is 5.62. The maximum absolute atomic E-state index is 13.2. The zero-order chi connectivity index (χ0) is 11.9. The molecular formula is C14H19FN2. The van der Waals surface area contributed by atoms with Gasteiger partial charge in [0.05, 0.1) is 11.4 Å². The molecular weight excluding hydrogens is 215 g/mol. The number of rotatable bonds is 1. The number of hydrogen-bond acceptors (Lipinski definition) is 2. The van der Waals surface area contributed by atoms with Crippen LogP contribution in [-0.4, -0.2) is 13.1 Å². The van der Waals surface area contributed by atoms with E-state index in [4.69, 9.17) is 5.73 Å². The molecule has 1 heterocycles. The van der Waals surface area contributed by atoms with E-state index < -0.39 is 0 Å². The van der Waals surface area contributed by atoms with Gasteiger partial charge in [-0.25, -0.2) is 4.39 Å². The molecule has 2 N–H and O–H groups in total. The highest BCUT2D eigenvalue weighted by Gasteiger charge is 2.43. The predicted molar refractivity (Wildman–Crippen MR) is 68.5 cm³/mol. The van der Waals surface area contributed by atoms with E-state index in [1.807, 2.05) is 0 Å². The van der Waals surface area contributed by atoms with Crippen LogP contribution in [0.15, 0.2) is 18.2 Å². The van der Waals surface area contributed by atoms with Crippen LogP contribution in [0.4, 0.5) is 15.8 Å². The molecule has 2 aliphatic rings. The molecule has 1 aromatic rings. The summed E-state index contributed by atoms with van der Waals surface area (Å²) in [5.74, 6) is -0.196. The molecule has 17 heavy (non-hydrogen) atoms. The van der Waals surface area contributed by atoms with Gasteiger partial charge in [-0.1, -0.05) is 19.3 Å². The molecule has 0 bridgehead atoms. The number of benzene rings is 1. The van der Waals surface area contributed by atoms with E-state index in [0.29, 0.717) is 11.1 Å². The summed E-state index contributed by atoms with van der Waals surface area (Å²) in [6, 6.07) is 4.65. The van der Waals surface area contributed by atoms with Crippen LogP contribution in [0.1, 0.15) is 32.1 Å². The molecule has 0 aromatic heterocycles. The third kappa shape index (κ3) is 1.88. The van der Waals surface area contributed by atoms with Crippen LogP contribution in [0.5, 0.6) is 0 Å². The number of hydrogen-bond donors (Lipinski definition) is 1. The van der Waals surface area contributed by atoms with Gasteiger partial charge in [0.2, 0.25) is 0 Å². The lowest BCUT2D eigenvalue weighted by molar-refractivity contribution is 0.139. The van der Waals surface area contributed by atoms with E-state index in [0.717, 1.165) is 18.8 Å². The van der Waals surface area contributed by atoms with Crippen molar-refractivity contribution >= 4 is 11.4 Å². The molecule has 1 aliphatic carbocycles. The first-order chi connectivity index (χ1) is 8.19. The third-order valence-electron chi connectivity index (χ3n) is 4.30. The second-order valence-electron chi connectivity index (χ2n) is 5.62. The molecule has 0 atom stereocenters. The van der Waals surface area contributed by atoms with Crippen LogP contribution >= 0.6 is 0 Å². The number of nitrogen functional groups attached to an aromatic ring is 1. The fourth-order valence-electron chi connectivity index (χ4n) is 3.34. The molecule has 2 fully saturated rings. The Bertz CT molecular complexity index is 416. The Labute approximate surface area is 102 Å². The first kappa shape index (κ1) is 10.9. The molecule has 1 saturated heterocycles. The molecule has 1 aromatic carbocycles. The lowest BCUT2D eigenvalue weighted by Gasteiger charge is -2.53. The average Bonchev–Trinajstić information content (AvgIpc) is 2.30. The molecule has 1 spiro atoms. The van der Waals surface area contributed by atoms with Gasteiger partial charge in [-0.3, -0.25) is 0 Å². The van der Waals surface area contributed by atoms with Crippen molar-refractivity contribution in [3.8, 4) is 0 Å². The Morgan fingerprint density at radius 3 is 2.53 bits per heavy atom. The minimum atomic E-state index is -0.196. The fourth-order valence-corrected chi connectivity index (χ4v) is 3.34. The van der Waals surface area contributed by atoms with Crippen LogP contribution in [0, 0.1) is 11.2 Å². The molecule has 1 saturated carbocycles. The van der Waals surface area contributed by atoms with E-state index in [1.165, 1.54) is 38.2 Å². The predicted octanol–water partition coefficient (Wildman–Crippen LogP) is 3.18. The Hall–Kier alpha value is -1.25. The molecule has 1 aliphatic heterocycles. The van der Waals surface area contributed by atoms with Crippen molar-refractivity contribution < 1.29 is 4.39 Å². The highest BCUT2D eigenvalue weighted by molar-refractivity contribution is 5.69. The minimum Gasteiger partial charge on any atom is -0.397 e. The van der Waals surface area contributed by atoms with Crippen molar-refractivity contribution in [2.45, 2.75) is 32.1 Å². The van der Waals surface area contributed by atoms with Crippen molar-refractivity contribution in [3.63, 3.8) is 0 Å². The summed E-state index contributed by atoms with van der Waals surface area (Å²) in [5.41, 5.74) is 7.99. The first-order valence-corrected chi connectivity index (χ1v) is 6.49. The first-order valence-electron chi connectivity index (χ1n) is 6.49. The Morgan fingerprint density at radius 2 is 1.82 bits per heavy atom. The fraction of sp³-hybridized carbons (Fsp3) is 0.571. The van der Waals surface area contributed by atoms with Gasteiger partial charge in [0.15, 0.2) is 0 Å². The average molecular weight is 234 g/mol. The standard InChI is InChI=1S/C14H19FN2/c15-11-4-5-12(16)13(8-11)17-9-14(10-17)6-2-1-3-7-14/h4-5,8H,1-3,6-7,9-10,16H2. The Kier molecular flexibility index (Phi) is 2.49. The number of nitrogens with zero attached hydrogens (tertiary/aromatic N) is 1. The van der Waals surface area contributed by atoms with E-state index in [9.17, 15) is 4.39 Å². The molecule has 92 valence electrons. The lowest BCUT2D eigenvalue weighted by Crippen LogP contribution is -2.57. The van der Waals surface area contributed by atoms with Gasteiger partial charge < -0.3 is 10.6 Å². The lowest BCUT2D eigenvalue weighted by atomic mass is 9.68. The summed E-state index contributed by atoms with van der Waals surface area (Å²) in [6.45, 7) is 2.11. The van der Waals surface area contributed by atoms with Gasteiger partial charge in [0, 0.05) is 18.5 Å². The van der Waals surface area contributed by atoms with E-state index >= 15 is 0 Å². The topological polar surface area (TPSA) is 29.3 Å². The maximum Gasteiger partial charge on any atom is 0.125 e. The van der Waals surface area contributed by atoms with Crippen molar-refractivity contribution in [1.82, 2.24) is 0 Å². The van der Waals surface area contributed by atoms with Gasteiger partial charge in [-0.15, -0.1) is 0 Å². The van der Waals surface area contributed by atoms with E-state index in [2.05, 4.69) is 4.90 Å². The van der Waals surface area contributed by atoms with Gasteiger partial charge in [-0.2, -0.15) is 0 Å². The summed E-state index contributed by atoms with van der Waals surface area (Å²) < 4.78 is 13.2. The van der Waals surface area contributed by atoms with E-state index in [-0.39, 0.29) is 5.82 Å². The van der Waals surface area contributed by atoms with Crippen LogP contribution in [0.25, 0.3) is 0 Å². The molecule has 3 rings (SSSR count). The molecule has 0 unspecified atom stereocenters. The molecule has 3 heteroatoms. The van der Waals surface area contributed by atoms with E-state index in [1.54, 1.807) is 12.1 Å². The summed E-state index contributed by atoms with van der Waals surface area (Å²) in [4.78, 5) is 2.23. The van der Waals surface area contributed by atoms with Crippen LogP contribution in [0.2, 0.25) is 0 Å². The highest BCUT2D eigenvalue weighted by Crippen LogP contribution is 2.46. The zero-order valence-electron chi connectivity index (χ0n) is 10.1. The number of anilines is 2. The summed E-state index contributed by atoms with van der Waals surface area (Å²) in [7, 11) is 0. The molecule has 2 nitrogen and oxygen atoms in total. The minimum absolute atomic E-state index is 0.196. The van der Waals surface area contributed by atoms with Crippen LogP contribution in [-0.2, 0) is 0 Å². The van der Waals surface area contributed by atoms with Gasteiger partial charge in [0.25, 0.3) is 0 Å². The Balaban J connectivity index is 1.74. The zero-order valence-corrected chi connectivity index (χ0v) is 10.1. The van der Waals surface area contributed by atoms with Crippen molar-refractivity contribution in [3.05, 3.63) is 24.0 Å². The van der Waals surface area contributed by atoms with Crippen molar-refractivity contribution in [2.24, 2.45) is 5.41 Å². The van der Waals surface area contributed by atoms with Gasteiger partial charge in [-0.05, 0) is 31.0 Å². The smallest absolute Gasteiger partial charge is 0.125 e. The number of halogens is 1. The summed E-state index contributed by atoms with van der Waals surface area (Å²) >= 11 is 0. The van der Waals surface area contributed by atoms with Gasteiger partial charge in [0.1, 0.15) is 5.82 Å². The van der Waals surface area contributed by atoms with Crippen molar-refractivity contribution in [2.75, 3.05) is 23.7 Å².